The molecule has 21 heavy (non-hydrogen) atoms. The molecule has 0 saturated heterocycles. The van der Waals surface area contributed by atoms with Crippen molar-refractivity contribution in [3.8, 4) is 5.75 Å². The van der Waals surface area contributed by atoms with Crippen LogP contribution in [0.1, 0.15) is 5.56 Å². The van der Waals surface area contributed by atoms with Crippen LogP contribution in [0.5, 0.6) is 5.75 Å². The van der Waals surface area contributed by atoms with E-state index in [1.54, 1.807) is 42.7 Å². The minimum absolute atomic E-state index is 0.397. The van der Waals surface area contributed by atoms with Gasteiger partial charge in [0.1, 0.15) is 5.75 Å². The molecule has 7 heteroatoms. The van der Waals surface area contributed by atoms with Crippen LogP contribution in [0.4, 0.5) is 10.5 Å². The smallest absolute Gasteiger partial charge is 0.437 e. The summed E-state index contributed by atoms with van der Waals surface area (Å²) in [6.07, 6.45) is 3.87. The lowest BCUT2D eigenvalue weighted by atomic mass is 10.3. The third-order valence-corrected chi connectivity index (χ3v) is 2.68. The molecule has 1 amide bonds. The summed E-state index contributed by atoms with van der Waals surface area (Å²) in [6, 6.07) is 8.29. The molecule has 2 rings (SSSR count). The summed E-state index contributed by atoms with van der Waals surface area (Å²) in [5, 5.41) is 6.53. The average molecular weight is 306 g/mol. The molecule has 0 bridgehead atoms. The second kappa shape index (κ2) is 7.25. The molecule has 0 spiro atoms. The molecular weight excluding hydrogens is 294 g/mol. The molecule has 0 radical (unpaired) electrons. The zero-order valence-corrected chi connectivity index (χ0v) is 11.9. The molecule has 108 valence electrons. The van der Waals surface area contributed by atoms with Gasteiger partial charge in [0.2, 0.25) is 0 Å². The lowest BCUT2D eigenvalue weighted by molar-refractivity contribution is 0.167. The number of pyridine rings is 1. The second-order valence-electron chi connectivity index (χ2n) is 3.86. The predicted molar refractivity (Wildman–Crippen MR) is 79.9 cm³/mol. The summed E-state index contributed by atoms with van der Waals surface area (Å²) in [4.78, 5) is 20.2. The standard InChI is InChI=1S/C14H12ClN3O3/c1-20-13-3-2-11(15)8-12(13)18-14(19)21-17-9-10-4-6-16-7-5-10/h2-9H,1H3,(H,18,19). The van der Waals surface area contributed by atoms with Gasteiger partial charge < -0.3 is 4.74 Å². The van der Waals surface area contributed by atoms with E-state index in [-0.39, 0.29) is 0 Å². The first-order valence-electron chi connectivity index (χ1n) is 5.94. The first-order valence-corrected chi connectivity index (χ1v) is 6.32. The molecule has 2 aromatic rings. The van der Waals surface area contributed by atoms with E-state index >= 15 is 0 Å². The highest BCUT2D eigenvalue weighted by atomic mass is 35.5. The summed E-state index contributed by atoms with van der Waals surface area (Å²) in [7, 11) is 1.49. The van der Waals surface area contributed by atoms with Crippen molar-refractivity contribution in [1.82, 2.24) is 4.98 Å². The summed E-state index contributed by atoms with van der Waals surface area (Å²) in [5.74, 6) is 0.467. The zero-order chi connectivity index (χ0) is 15.1. The van der Waals surface area contributed by atoms with E-state index in [1.807, 2.05) is 0 Å². The van der Waals surface area contributed by atoms with Crippen LogP contribution in [-0.4, -0.2) is 24.4 Å². The maximum atomic E-state index is 11.6. The Morgan fingerprint density at radius 3 is 2.81 bits per heavy atom. The van der Waals surface area contributed by atoms with Crippen molar-refractivity contribution < 1.29 is 14.4 Å². The molecule has 0 aliphatic heterocycles. The predicted octanol–water partition coefficient (Wildman–Crippen LogP) is 3.33. The number of hydrogen-bond acceptors (Lipinski definition) is 5. The normalized spacial score (nSPS) is 10.4. The fourth-order valence-corrected chi connectivity index (χ4v) is 1.67. The van der Waals surface area contributed by atoms with Gasteiger partial charge in [-0.2, -0.15) is 0 Å². The van der Waals surface area contributed by atoms with Gasteiger partial charge in [0.25, 0.3) is 0 Å². The van der Waals surface area contributed by atoms with E-state index < -0.39 is 6.09 Å². The van der Waals surface area contributed by atoms with Crippen molar-refractivity contribution in [2.24, 2.45) is 5.16 Å². The molecule has 1 N–H and O–H groups in total. The molecule has 0 aliphatic rings. The van der Waals surface area contributed by atoms with E-state index in [4.69, 9.17) is 16.3 Å². The molecule has 0 saturated carbocycles. The van der Waals surface area contributed by atoms with Gasteiger partial charge >= 0.3 is 6.09 Å². The Morgan fingerprint density at radius 1 is 1.33 bits per heavy atom. The maximum Gasteiger partial charge on any atom is 0.437 e. The van der Waals surface area contributed by atoms with Gasteiger partial charge in [-0.3, -0.25) is 15.1 Å². The number of nitrogens with zero attached hydrogens (tertiary/aromatic N) is 2. The van der Waals surface area contributed by atoms with Gasteiger partial charge in [-0.25, -0.2) is 4.79 Å². The van der Waals surface area contributed by atoms with Crippen molar-refractivity contribution in [2.45, 2.75) is 0 Å². The van der Waals surface area contributed by atoms with E-state index in [2.05, 4.69) is 20.3 Å². The summed E-state index contributed by atoms with van der Waals surface area (Å²) >= 11 is 5.86. The summed E-state index contributed by atoms with van der Waals surface area (Å²) in [5.41, 5.74) is 1.16. The molecule has 0 atom stereocenters. The van der Waals surface area contributed by atoms with Crippen molar-refractivity contribution in [2.75, 3.05) is 12.4 Å². The van der Waals surface area contributed by atoms with Crippen LogP contribution in [0, 0.1) is 0 Å². The van der Waals surface area contributed by atoms with Crippen LogP contribution in [-0.2, 0) is 4.84 Å². The third-order valence-electron chi connectivity index (χ3n) is 2.44. The monoisotopic (exact) mass is 305 g/mol. The highest BCUT2D eigenvalue weighted by Crippen LogP contribution is 2.27. The highest BCUT2D eigenvalue weighted by Gasteiger charge is 2.08. The van der Waals surface area contributed by atoms with Crippen LogP contribution in [0.25, 0.3) is 0 Å². The van der Waals surface area contributed by atoms with Crippen LogP contribution in [0.3, 0.4) is 0 Å². The number of anilines is 1. The lowest BCUT2D eigenvalue weighted by Gasteiger charge is -2.08. The molecule has 1 aromatic heterocycles. The molecular formula is C14H12ClN3O3. The molecule has 0 fully saturated rings. The van der Waals surface area contributed by atoms with Gasteiger partial charge in [0.05, 0.1) is 19.0 Å². The van der Waals surface area contributed by atoms with E-state index in [1.165, 1.54) is 13.3 Å². The second-order valence-corrected chi connectivity index (χ2v) is 4.30. The zero-order valence-electron chi connectivity index (χ0n) is 11.1. The number of carbonyl (C=O) groups is 1. The highest BCUT2D eigenvalue weighted by molar-refractivity contribution is 6.31. The first kappa shape index (κ1) is 14.8. The Balaban J connectivity index is 1.96. The minimum Gasteiger partial charge on any atom is -0.495 e. The number of methoxy groups -OCH3 is 1. The van der Waals surface area contributed by atoms with Crippen molar-refractivity contribution in [3.63, 3.8) is 0 Å². The van der Waals surface area contributed by atoms with Gasteiger partial charge in [0.15, 0.2) is 0 Å². The van der Waals surface area contributed by atoms with Crippen molar-refractivity contribution in [1.29, 1.82) is 0 Å². The van der Waals surface area contributed by atoms with E-state index in [9.17, 15) is 4.79 Å². The molecule has 6 nitrogen and oxygen atoms in total. The van der Waals surface area contributed by atoms with Crippen LogP contribution in [0.15, 0.2) is 47.9 Å². The molecule has 0 aliphatic carbocycles. The molecule has 1 heterocycles. The largest absolute Gasteiger partial charge is 0.495 e. The summed E-state index contributed by atoms with van der Waals surface area (Å²) < 4.78 is 5.10. The fraction of sp³-hybridized carbons (Fsp3) is 0.0714. The number of oxime groups is 1. The van der Waals surface area contributed by atoms with Crippen LogP contribution >= 0.6 is 11.6 Å². The SMILES string of the molecule is COc1ccc(Cl)cc1NC(=O)ON=Cc1ccncc1. The topological polar surface area (TPSA) is 72.8 Å². The van der Waals surface area contributed by atoms with Crippen molar-refractivity contribution in [3.05, 3.63) is 53.3 Å². The average Bonchev–Trinajstić information content (AvgIpc) is 2.48. The third kappa shape index (κ3) is 4.47. The lowest BCUT2D eigenvalue weighted by Crippen LogP contribution is -2.11. The van der Waals surface area contributed by atoms with Gasteiger partial charge in [-0.15, -0.1) is 0 Å². The quantitative estimate of drug-likeness (QED) is 0.534. The Kier molecular flexibility index (Phi) is 5.11. The number of carbonyl (C=O) groups excluding carboxylic acids is 1. The first-order chi connectivity index (χ1) is 10.2. The van der Waals surface area contributed by atoms with E-state index in [0.717, 1.165) is 5.56 Å². The van der Waals surface area contributed by atoms with Gasteiger partial charge in [-0.1, -0.05) is 16.8 Å². The maximum absolute atomic E-state index is 11.6. The number of amides is 1. The van der Waals surface area contributed by atoms with E-state index in [0.29, 0.717) is 16.5 Å². The molecule has 0 unspecified atom stereocenters. The number of benzene rings is 1. The number of nitrogens with one attached hydrogen (secondary N) is 1. The number of aromatic nitrogens is 1. The van der Waals surface area contributed by atoms with Gasteiger partial charge in [-0.05, 0) is 35.9 Å². The van der Waals surface area contributed by atoms with Crippen LogP contribution < -0.4 is 10.1 Å². The van der Waals surface area contributed by atoms with Gasteiger partial charge in [0, 0.05) is 17.4 Å². The number of halogens is 1. The van der Waals surface area contributed by atoms with Crippen molar-refractivity contribution >= 4 is 29.6 Å². The molecule has 1 aromatic carbocycles. The summed E-state index contributed by atoms with van der Waals surface area (Å²) in [6.45, 7) is 0. The number of rotatable bonds is 4. The Morgan fingerprint density at radius 2 is 2.10 bits per heavy atom. The fourth-order valence-electron chi connectivity index (χ4n) is 1.50. The Bertz CT molecular complexity index is 647. The Hall–Kier alpha value is -2.60. The van der Waals surface area contributed by atoms with Crippen LogP contribution in [0.2, 0.25) is 5.02 Å². The number of ether oxygens (including phenoxy) is 1. The Labute approximate surface area is 126 Å². The minimum atomic E-state index is -0.749. The number of hydrogen-bond donors (Lipinski definition) is 1.